The molecule has 0 spiro atoms. The number of likely N-dealkylation sites (N-methyl/N-ethyl adjacent to an activating group) is 1. The van der Waals surface area contributed by atoms with Gasteiger partial charge >= 0.3 is 0 Å². The minimum absolute atomic E-state index is 0.0355. The maximum Gasteiger partial charge on any atom is 0.220 e. The Morgan fingerprint density at radius 3 is 1.67 bits per heavy atom. The zero-order chi connectivity index (χ0) is 24.6. The highest BCUT2D eigenvalue weighted by Crippen LogP contribution is 2.12. The molecule has 1 amide bonds. The number of rotatable bonds is 24. The van der Waals surface area contributed by atoms with Crippen LogP contribution in [-0.4, -0.2) is 50.1 Å². The summed E-state index contributed by atoms with van der Waals surface area (Å²) in [4.78, 5) is 22.6. The third-order valence-corrected chi connectivity index (χ3v) is 6.26. The Morgan fingerprint density at radius 1 is 0.727 bits per heavy atom. The first kappa shape index (κ1) is 31.6. The highest BCUT2D eigenvalue weighted by atomic mass is 16.4. The van der Waals surface area contributed by atoms with E-state index in [1.54, 1.807) is 0 Å². The van der Waals surface area contributed by atoms with Crippen molar-refractivity contribution >= 4 is 11.9 Å². The van der Waals surface area contributed by atoms with Crippen molar-refractivity contribution in [3.8, 4) is 0 Å². The molecule has 0 atom stereocenters. The lowest BCUT2D eigenvalue weighted by Gasteiger charge is -2.30. The molecule has 194 valence electrons. The van der Waals surface area contributed by atoms with Gasteiger partial charge in [-0.1, -0.05) is 96.1 Å². The molecule has 5 heteroatoms. The van der Waals surface area contributed by atoms with Gasteiger partial charge in [-0.15, -0.1) is 0 Å². The summed E-state index contributed by atoms with van der Waals surface area (Å²) in [5.41, 5.74) is 0. The summed E-state index contributed by atoms with van der Waals surface area (Å²) in [6.45, 7) is 3.33. The number of aliphatic carboxylic acids is 1. The highest BCUT2D eigenvalue weighted by Gasteiger charge is 2.15. The van der Waals surface area contributed by atoms with E-state index >= 15 is 0 Å². The zero-order valence-electron chi connectivity index (χ0n) is 22.2. The number of quaternary nitrogens is 1. The summed E-state index contributed by atoms with van der Waals surface area (Å²) in [6.07, 6.45) is 27.3. The molecule has 33 heavy (non-hydrogen) atoms. The molecule has 1 N–H and O–H groups in total. The van der Waals surface area contributed by atoms with Gasteiger partial charge in [-0.3, -0.25) is 4.79 Å². The van der Waals surface area contributed by atoms with Crippen LogP contribution in [-0.2, 0) is 9.59 Å². The Morgan fingerprint density at radius 2 is 1.18 bits per heavy atom. The molecule has 0 aliphatic heterocycles. The summed E-state index contributed by atoms with van der Waals surface area (Å²) in [7, 11) is 3.66. The Labute approximate surface area is 205 Å². The Bertz CT molecular complexity index is 503. The van der Waals surface area contributed by atoms with Crippen molar-refractivity contribution in [3.05, 3.63) is 12.2 Å². The maximum atomic E-state index is 11.9. The average molecular weight is 467 g/mol. The van der Waals surface area contributed by atoms with Crippen LogP contribution in [0.25, 0.3) is 0 Å². The van der Waals surface area contributed by atoms with E-state index < -0.39 is 5.97 Å². The fourth-order valence-electron chi connectivity index (χ4n) is 4.08. The smallest absolute Gasteiger partial charge is 0.220 e. The topological polar surface area (TPSA) is 69.2 Å². The van der Waals surface area contributed by atoms with Crippen LogP contribution in [0, 0.1) is 0 Å². The maximum absolute atomic E-state index is 11.9. The number of carbonyl (C=O) groups is 2. The number of allylic oxidation sites excluding steroid dienone is 2. The number of carbonyl (C=O) groups excluding carboxylic acids is 2. The van der Waals surface area contributed by atoms with Crippen molar-refractivity contribution in [1.29, 1.82) is 0 Å². The molecule has 0 rings (SSSR count). The number of nitrogens with one attached hydrogen (secondary N) is 1. The molecule has 0 aliphatic carbocycles. The van der Waals surface area contributed by atoms with Gasteiger partial charge in [-0.25, -0.2) is 0 Å². The molecule has 0 aliphatic rings. The molecule has 0 radical (unpaired) electrons. The van der Waals surface area contributed by atoms with E-state index in [1.165, 1.54) is 96.3 Å². The molecule has 0 unspecified atom stereocenters. The van der Waals surface area contributed by atoms with Crippen LogP contribution in [0.4, 0.5) is 0 Å². The second-order valence-electron chi connectivity index (χ2n) is 10.3. The van der Waals surface area contributed by atoms with E-state index in [-0.39, 0.29) is 12.5 Å². The Balaban J connectivity index is 3.32. The van der Waals surface area contributed by atoms with E-state index in [2.05, 4.69) is 24.4 Å². The monoisotopic (exact) mass is 466 g/mol. The molecule has 0 aromatic rings. The molecular formula is C28H54N2O3. The summed E-state index contributed by atoms with van der Waals surface area (Å²) in [6, 6.07) is 0. The second-order valence-corrected chi connectivity index (χ2v) is 10.3. The van der Waals surface area contributed by atoms with Crippen LogP contribution in [0.3, 0.4) is 0 Å². The summed E-state index contributed by atoms with van der Waals surface area (Å²) in [5, 5.41) is 13.6. The van der Waals surface area contributed by atoms with Crippen molar-refractivity contribution in [2.75, 3.05) is 33.7 Å². The molecular weight excluding hydrogens is 412 g/mol. The van der Waals surface area contributed by atoms with Gasteiger partial charge in [-0.2, -0.15) is 0 Å². The van der Waals surface area contributed by atoms with E-state index in [0.717, 1.165) is 12.8 Å². The van der Waals surface area contributed by atoms with E-state index in [0.29, 0.717) is 24.0 Å². The van der Waals surface area contributed by atoms with Crippen LogP contribution in [0.2, 0.25) is 0 Å². The van der Waals surface area contributed by atoms with Gasteiger partial charge < -0.3 is 19.7 Å². The molecule has 5 nitrogen and oxygen atoms in total. The lowest BCUT2D eigenvalue weighted by atomic mass is 10.1. The molecule has 0 aromatic heterocycles. The van der Waals surface area contributed by atoms with E-state index in [1.807, 2.05) is 14.1 Å². The minimum atomic E-state index is -1.06. The average Bonchev–Trinajstić information content (AvgIpc) is 2.74. The summed E-state index contributed by atoms with van der Waals surface area (Å²) < 4.78 is 0.318. The number of nitrogens with zero attached hydrogens (tertiary/aromatic N) is 1. The van der Waals surface area contributed by atoms with Gasteiger partial charge in [0.15, 0.2) is 0 Å². The number of hydrogen-bond donors (Lipinski definition) is 1. The van der Waals surface area contributed by atoms with Crippen LogP contribution < -0.4 is 10.4 Å². The second kappa shape index (κ2) is 22.4. The van der Waals surface area contributed by atoms with Gasteiger partial charge in [0.2, 0.25) is 5.91 Å². The molecule has 0 heterocycles. The lowest BCUT2D eigenvalue weighted by molar-refractivity contribution is -0.883. The van der Waals surface area contributed by atoms with Crippen molar-refractivity contribution in [3.63, 3.8) is 0 Å². The third kappa shape index (κ3) is 25.1. The zero-order valence-corrected chi connectivity index (χ0v) is 22.2. The SMILES string of the molecule is CCCCCCCC/C=C\CCCCCCCCCCCC(=O)NCC[N+](C)(C)CC(=O)[O-]. The largest absolute Gasteiger partial charge is 0.544 e. The third-order valence-electron chi connectivity index (χ3n) is 6.26. The molecule has 0 bridgehead atoms. The minimum Gasteiger partial charge on any atom is -0.544 e. The molecule has 0 saturated carbocycles. The van der Waals surface area contributed by atoms with E-state index in [4.69, 9.17) is 0 Å². The van der Waals surface area contributed by atoms with Crippen LogP contribution in [0.15, 0.2) is 12.2 Å². The fourth-order valence-corrected chi connectivity index (χ4v) is 4.08. The Hall–Kier alpha value is -1.36. The Kier molecular flexibility index (Phi) is 21.5. The van der Waals surface area contributed by atoms with Crippen molar-refractivity contribution < 1.29 is 19.2 Å². The van der Waals surface area contributed by atoms with Crippen molar-refractivity contribution in [2.24, 2.45) is 0 Å². The summed E-state index contributed by atoms with van der Waals surface area (Å²) >= 11 is 0. The summed E-state index contributed by atoms with van der Waals surface area (Å²) in [5.74, 6) is -0.984. The van der Waals surface area contributed by atoms with Gasteiger partial charge in [-0.05, 0) is 32.1 Å². The van der Waals surface area contributed by atoms with Gasteiger partial charge in [0, 0.05) is 6.42 Å². The number of carboxylic acid groups (broad SMARTS) is 1. The lowest BCUT2D eigenvalue weighted by Crippen LogP contribution is -2.51. The van der Waals surface area contributed by atoms with E-state index in [9.17, 15) is 14.7 Å². The highest BCUT2D eigenvalue weighted by molar-refractivity contribution is 5.75. The van der Waals surface area contributed by atoms with Crippen LogP contribution in [0.1, 0.15) is 122 Å². The molecule has 0 aromatic carbocycles. The number of carboxylic acids is 1. The van der Waals surface area contributed by atoms with Crippen molar-refractivity contribution in [1.82, 2.24) is 5.32 Å². The number of hydrogen-bond acceptors (Lipinski definition) is 3. The van der Waals surface area contributed by atoms with Gasteiger partial charge in [0.1, 0.15) is 6.54 Å². The molecule has 0 fully saturated rings. The first-order valence-electron chi connectivity index (χ1n) is 13.8. The fraction of sp³-hybridized carbons (Fsp3) is 0.857. The van der Waals surface area contributed by atoms with Crippen LogP contribution in [0.5, 0.6) is 0 Å². The normalized spacial score (nSPS) is 11.8. The van der Waals surface area contributed by atoms with Crippen LogP contribution >= 0.6 is 0 Å². The number of unbranched alkanes of at least 4 members (excludes halogenated alkanes) is 15. The predicted octanol–water partition coefficient (Wildman–Crippen LogP) is 5.53. The first-order valence-corrected chi connectivity index (χ1v) is 13.8. The van der Waals surface area contributed by atoms with Gasteiger partial charge in [0.05, 0.1) is 33.2 Å². The van der Waals surface area contributed by atoms with Crippen molar-refractivity contribution in [2.45, 2.75) is 122 Å². The van der Waals surface area contributed by atoms with Gasteiger partial charge in [0.25, 0.3) is 0 Å². The predicted molar refractivity (Wildman–Crippen MR) is 138 cm³/mol. The number of amides is 1. The quantitative estimate of drug-likeness (QED) is 0.116. The standard InChI is InChI=1S/C28H54N2O3/c1-4-5-6-7-8-9-10-11-12-13-14-15-16-17-18-19-20-21-22-23-27(31)29-24-25-30(2,3)26-28(32)33/h11-12H,4-10,13-26H2,1-3H3,(H-,29,31,32,33)/b12-11-. The first-order chi connectivity index (χ1) is 15.9. The molecule has 0 saturated heterocycles.